The maximum Gasteiger partial charge on any atom is 0.451 e. The molecular formula is C99H80F19N15O12S4. The van der Waals surface area contributed by atoms with Gasteiger partial charge in [0, 0.05) is 128 Å². The Kier molecular flexibility index (Phi) is 31.1. The topological polar surface area (TPSA) is 370 Å². The lowest BCUT2D eigenvalue weighted by Crippen LogP contribution is -2.44. The van der Waals surface area contributed by atoms with Gasteiger partial charge in [0.25, 0.3) is 0 Å². The smallest absolute Gasteiger partial charge is 0.298 e. The summed E-state index contributed by atoms with van der Waals surface area (Å²) in [6.07, 6.45) is -5.89. The van der Waals surface area contributed by atoms with Crippen LogP contribution in [0.2, 0.25) is 0 Å². The van der Waals surface area contributed by atoms with Crippen LogP contribution >= 0.6 is 0 Å². The number of benzene rings is 6. The molecule has 0 unspecified atom stereocenters. The fourth-order valence-corrected chi connectivity index (χ4v) is 26.0. The minimum Gasteiger partial charge on any atom is -0.298 e. The number of carbonyl (C=O) groups is 4. The zero-order valence-corrected chi connectivity index (χ0v) is 80.4. The molecule has 10 heterocycles. The van der Waals surface area contributed by atoms with Crippen molar-refractivity contribution in [1.82, 2.24) is 67.1 Å². The maximum absolute atomic E-state index is 14.6. The molecule has 50 heteroatoms. The number of piperidine rings is 3. The van der Waals surface area contributed by atoms with Gasteiger partial charge >= 0.3 is 24.7 Å². The molecule has 12 aromatic rings. The number of fused-ring (bicyclic) bond motifs is 3. The largest absolute Gasteiger partial charge is 0.451 e. The van der Waals surface area contributed by atoms with Gasteiger partial charge < -0.3 is 0 Å². The third kappa shape index (κ3) is 24.3. The van der Waals surface area contributed by atoms with E-state index in [-0.39, 0.29) is 163 Å². The Hall–Kier alpha value is -13.6. The number of nitriles is 1. The number of halogens is 19. The first-order chi connectivity index (χ1) is 70.3. The number of aromatic nitrogens is 10. The summed E-state index contributed by atoms with van der Waals surface area (Å²) in [5.41, 5.74) is 3.10. The minimum atomic E-state index is -4.72. The Morgan fingerprint density at radius 2 is 0.597 bits per heavy atom. The Bertz CT molecular complexity index is 7370. The van der Waals surface area contributed by atoms with E-state index in [0.29, 0.717) is 72.9 Å². The van der Waals surface area contributed by atoms with Crippen molar-refractivity contribution in [3.63, 3.8) is 0 Å². The van der Waals surface area contributed by atoms with E-state index < -0.39 is 171 Å². The van der Waals surface area contributed by atoms with Crippen LogP contribution in [-0.2, 0) is 110 Å². The van der Waals surface area contributed by atoms with E-state index in [1.165, 1.54) is 68.5 Å². The standard InChI is InChI=1S/C26H21F5N4O3S.C25H20F5N3O3S.C24H19F5N4O3S.C24H20F4N4O3S/c1-15-18(12-32)11-23(35(15)39(37,38)21-6-4-20(27)5-7-21)24(36)9-3-17-10-16(2-8-22(17)28)19-13-33-25(34-14-19)26(29,30)31;26-18-3-5-19(6-4-18)37(35,36)33-21-10-16(21)11-22(33)23(34)8-2-15-9-14(1-7-20(15)27)17-12-31-24(32-13-17)25(28,29)30;25-16-2-4-17(5-3-16)37(35,36)33-20-8-14(20)9-21(33)22(34)6-1-13-7-19(30-12-18(13)26)15-10-31-23(32-11-15)24(27,28)29;25-17-2-4-18(5-3-17)36(34,35)32-20-10-15(20)11-21(32)22(33)6-1-14-7-8-29-19(9-14)16-12-30-23(31-13-16)24(26,27)28/h2,4-8,10,13-15,18,23H,3,9,11H2,1H3;1,3-7,9,12-13,16,21-22H,2,8,10-11H2;2-5,7,10-12,14,20-21H,1,6,8-9H2;2-5,7-9,12-13,15,20-21H,1,6,10-11H2/t15-,18-,23-;16-,21-,22-;14-,20-,21-;15-,20-,21-/m0000/s1. The van der Waals surface area contributed by atoms with Crippen LogP contribution in [0.4, 0.5) is 83.4 Å². The third-order valence-corrected chi connectivity index (χ3v) is 34.3. The van der Waals surface area contributed by atoms with E-state index in [4.69, 9.17) is 0 Å². The highest BCUT2D eigenvalue weighted by Gasteiger charge is 2.62. The van der Waals surface area contributed by atoms with Gasteiger partial charge in [-0.25, -0.2) is 104 Å². The van der Waals surface area contributed by atoms with Crippen molar-refractivity contribution in [1.29, 1.82) is 5.26 Å². The number of alkyl halides is 12. The van der Waals surface area contributed by atoms with Crippen LogP contribution in [0.1, 0.15) is 123 Å². The van der Waals surface area contributed by atoms with E-state index >= 15 is 0 Å². The maximum atomic E-state index is 14.6. The van der Waals surface area contributed by atoms with Crippen LogP contribution < -0.4 is 0 Å². The third-order valence-electron chi connectivity index (χ3n) is 26.4. The molecule has 0 amide bonds. The second kappa shape index (κ2) is 42.8. The second-order valence-corrected chi connectivity index (χ2v) is 43.6. The Morgan fingerprint density at radius 3 is 0.906 bits per heavy atom. The summed E-state index contributed by atoms with van der Waals surface area (Å²) in [5.74, 6) is -11.5. The zero-order chi connectivity index (χ0) is 107. The minimum absolute atomic E-state index is 0.0315. The number of carbonyl (C=O) groups excluding carboxylic acids is 4. The number of hydrogen-bond acceptors (Lipinski definition) is 23. The number of ketones is 4. The molecule has 0 N–H and O–H groups in total. The van der Waals surface area contributed by atoms with Crippen LogP contribution in [0.5, 0.6) is 0 Å². The van der Waals surface area contributed by atoms with E-state index in [0.717, 1.165) is 157 Å². The molecule has 7 fully saturated rings. The van der Waals surface area contributed by atoms with Crippen molar-refractivity contribution in [2.45, 2.75) is 196 Å². The molecular weight excluding hydrogens is 2080 g/mol. The van der Waals surface area contributed by atoms with Crippen LogP contribution in [0, 0.1) is 75.7 Å². The van der Waals surface area contributed by atoms with Gasteiger partial charge in [0.15, 0.2) is 23.1 Å². The van der Waals surface area contributed by atoms with Crippen molar-refractivity contribution in [2.75, 3.05) is 0 Å². The number of hydrogen-bond donors (Lipinski definition) is 0. The first-order valence-electron chi connectivity index (χ1n) is 45.7. The molecule has 4 saturated heterocycles. The van der Waals surface area contributed by atoms with E-state index in [1.807, 2.05) is 6.07 Å². The SMILES string of the molecule is C[C@H]1[C@H](C#N)C[C@@H](C(=O)CCc2cc(-c3cnc(C(F)(F)F)nc3)ccc2F)N1S(=O)(=O)c1ccc(F)cc1.O=C(CCc1cc(-c2cnc(C(F)(F)F)nc2)ccc1F)[C@@H]1C[C@@H]2C[C@@H]2N1S(=O)(=O)c1ccc(F)cc1.O=C(CCc1cc(-c2cnc(C(F)(F)F)nc2)ncc1F)[C@@H]1C[C@@H]2C[C@@H]2N1S(=O)(=O)c1ccc(F)cc1.O=C(CCc1ccnc(-c2cnc(C(F)(F)F)nc2)c1)[C@@H]1C[C@@H]2C[C@@H]2N1S(=O)(=O)c1ccc(F)cc1. The van der Waals surface area contributed by atoms with E-state index in [1.54, 1.807) is 12.1 Å². The van der Waals surface area contributed by atoms with Gasteiger partial charge in [-0.15, -0.1) is 0 Å². The fourth-order valence-electron chi connectivity index (χ4n) is 18.5. The monoisotopic (exact) mass is 2160 g/mol. The zero-order valence-electron chi connectivity index (χ0n) is 77.2. The molecule has 3 aliphatic carbocycles. The van der Waals surface area contributed by atoms with Crippen LogP contribution in [-0.4, -0.2) is 172 Å². The number of aryl methyl sites for hydroxylation is 4. The first-order valence-corrected chi connectivity index (χ1v) is 51.4. The van der Waals surface area contributed by atoms with E-state index in [2.05, 4.69) is 49.8 Å². The average molecular weight is 2160 g/mol. The molecule has 4 aliphatic heterocycles. The van der Waals surface area contributed by atoms with Gasteiger partial charge in [-0.2, -0.15) is 75.2 Å². The van der Waals surface area contributed by atoms with Crippen LogP contribution in [0.3, 0.4) is 0 Å². The van der Waals surface area contributed by atoms with Crippen LogP contribution in [0.25, 0.3) is 44.8 Å². The molecule has 27 nitrogen and oxygen atoms in total. The average Bonchev–Trinajstić information content (AvgIpc) is 1.57. The molecule has 7 aliphatic rings. The van der Waals surface area contributed by atoms with Crippen molar-refractivity contribution in [3.8, 4) is 50.8 Å². The highest BCUT2D eigenvalue weighted by molar-refractivity contribution is 7.90. The quantitative estimate of drug-likeness (QED) is 0.0411. The summed E-state index contributed by atoms with van der Waals surface area (Å²) < 4.78 is 360. The van der Waals surface area contributed by atoms with Gasteiger partial charge in [0.05, 0.1) is 73.3 Å². The van der Waals surface area contributed by atoms with Crippen molar-refractivity contribution in [3.05, 3.63) is 300 Å². The summed E-state index contributed by atoms with van der Waals surface area (Å²) in [6, 6.07) is 26.4. The number of Topliss-reactive ketones (excluding diaryl/α,β-unsaturated/α-hetero) is 4. The van der Waals surface area contributed by atoms with Gasteiger partial charge in [-0.3, -0.25) is 29.1 Å². The lowest BCUT2D eigenvalue weighted by atomic mass is 9.96. The Morgan fingerprint density at radius 1 is 0.315 bits per heavy atom. The molecule has 6 aromatic heterocycles. The number of nitrogens with zero attached hydrogens (tertiary/aromatic N) is 15. The fraction of sp³-hybridized carbons (Fsp3) is 0.323. The second-order valence-electron chi connectivity index (χ2n) is 36.2. The highest BCUT2D eigenvalue weighted by atomic mass is 32.2. The van der Waals surface area contributed by atoms with E-state index in [9.17, 15) is 142 Å². The molecule has 0 spiro atoms. The normalized spacial score (nSPS) is 21.3. The van der Waals surface area contributed by atoms with Gasteiger partial charge in [-0.05, 0) is 268 Å². The van der Waals surface area contributed by atoms with Crippen LogP contribution in [0.15, 0.2) is 233 Å². The molecule has 6 aromatic carbocycles. The Labute approximate surface area is 837 Å². The predicted octanol–water partition coefficient (Wildman–Crippen LogP) is 18.0. The number of pyridine rings is 2. The molecule has 3 saturated carbocycles. The summed E-state index contributed by atoms with van der Waals surface area (Å²) in [7, 11) is -16.3. The van der Waals surface area contributed by atoms with Crippen molar-refractivity contribution < 1.29 is 136 Å². The van der Waals surface area contributed by atoms with Gasteiger partial charge in [0.1, 0.15) is 40.7 Å². The molecule has 12 atom stereocenters. The Balaban J connectivity index is 0.000000142. The molecule has 0 radical (unpaired) electrons. The first kappa shape index (κ1) is 108. The van der Waals surface area contributed by atoms with Crippen molar-refractivity contribution in [2.24, 2.45) is 23.7 Å². The molecule has 0 bridgehead atoms. The number of rotatable bonds is 28. The summed E-state index contributed by atoms with van der Waals surface area (Å²) >= 11 is 0. The molecule has 149 heavy (non-hydrogen) atoms. The summed E-state index contributed by atoms with van der Waals surface area (Å²) in [6.45, 7) is 1.51. The highest BCUT2D eigenvalue weighted by Crippen LogP contribution is 2.54. The van der Waals surface area contributed by atoms with Gasteiger partial charge in [-0.1, -0.05) is 12.1 Å². The van der Waals surface area contributed by atoms with Gasteiger partial charge in [0.2, 0.25) is 63.4 Å². The summed E-state index contributed by atoms with van der Waals surface area (Å²) in [5, 5.41) is 9.52. The molecule has 19 rings (SSSR count). The number of sulfonamides is 4. The van der Waals surface area contributed by atoms with Crippen molar-refractivity contribution >= 4 is 63.2 Å². The molecule has 780 valence electrons. The lowest BCUT2D eigenvalue weighted by molar-refractivity contribution is -0.145. The summed E-state index contributed by atoms with van der Waals surface area (Å²) in [4.78, 5) is 86.5. The predicted molar refractivity (Wildman–Crippen MR) is 488 cm³/mol. The lowest BCUT2D eigenvalue weighted by Gasteiger charge is -2.27.